The van der Waals surface area contributed by atoms with Crippen LogP contribution in [0.4, 0.5) is 0 Å². The zero-order chi connectivity index (χ0) is 18.6. The molecule has 0 fully saturated rings. The van der Waals surface area contributed by atoms with Crippen molar-refractivity contribution in [1.29, 1.82) is 0 Å². The van der Waals surface area contributed by atoms with Crippen LogP contribution in [0.1, 0.15) is 77.6 Å². The summed E-state index contributed by atoms with van der Waals surface area (Å²) in [4.78, 5) is 0. The molecule has 0 aromatic heterocycles. The van der Waals surface area contributed by atoms with Gasteiger partial charge in [-0.2, -0.15) is 0 Å². The number of quaternary nitrogens is 1. The van der Waals surface area contributed by atoms with E-state index in [1.165, 1.54) is 70.6 Å². The van der Waals surface area contributed by atoms with Gasteiger partial charge in [0.05, 0.1) is 26.2 Å². The molecule has 0 radical (unpaired) electrons. The van der Waals surface area contributed by atoms with Crippen molar-refractivity contribution in [3.8, 4) is 0 Å². The van der Waals surface area contributed by atoms with Gasteiger partial charge in [-0.3, -0.25) is 0 Å². The molecule has 0 saturated heterocycles. The Kier molecular flexibility index (Phi) is 21.0. The number of halogens is 1. The largest absolute Gasteiger partial charge is 1.00 e. The molecule has 0 aromatic carbocycles. The summed E-state index contributed by atoms with van der Waals surface area (Å²) >= 11 is 0. The standard InChI is InChI=1S/C24H44N.FH/c1-5-9-10-11-12-13-14-15-16-17-18-19-20-24-25(21-6-2,22-7-3)23-8-4;/h6-8,19-20H,2-5,9-18,21-24H2,1H3;1H/q+1;/p-1. The molecule has 0 bridgehead atoms. The van der Waals surface area contributed by atoms with Crippen molar-refractivity contribution < 1.29 is 9.19 Å². The van der Waals surface area contributed by atoms with Crippen LogP contribution in [0.15, 0.2) is 50.1 Å². The Bertz CT molecular complexity index is 333. The highest BCUT2D eigenvalue weighted by Crippen LogP contribution is 2.12. The molecule has 0 heterocycles. The second kappa shape index (κ2) is 20.2. The fourth-order valence-corrected chi connectivity index (χ4v) is 3.43. The SMILES string of the molecule is C=CC[N+](CC=C)(CC=C)CC=CCCCCCCCCCCCC.[F-]. The van der Waals surface area contributed by atoms with Gasteiger partial charge in [-0.05, 0) is 37.1 Å². The first-order valence-electron chi connectivity index (χ1n) is 10.6. The lowest BCUT2D eigenvalue weighted by Gasteiger charge is -2.35. The maximum absolute atomic E-state index is 3.92. The number of allylic oxidation sites excluding steroid dienone is 1. The van der Waals surface area contributed by atoms with Gasteiger partial charge in [0.15, 0.2) is 0 Å². The molecule has 0 spiro atoms. The maximum atomic E-state index is 3.92. The first-order chi connectivity index (χ1) is 12.2. The molecule has 0 aliphatic carbocycles. The van der Waals surface area contributed by atoms with E-state index in [9.17, 15) is 0 Å². The van der Waals surface area contributed by atoms with Crippen LogP contribution in [-0.2, 0) is 0 Å². The Morgan fingerprint density at radius 2 is 1.00 bits per heavy atom. The second-order valence-corrected chi connectivity index (χ2v) is 7.38. The summed E-state index contributed by atoms with van der Waals surface area (Å²) in [5.41, 5.74) is 0. The molecule has 0 aliphatic heterocycles. The highest BCUT2D eigenvalue weighted by molar-refractivity contribution is 4.85. The molecule has 0 N–H and O–H groups in total. The number of unbranched alkanes of at least 4 members (excludes halogenated alkanes) is 10. The predicted octanol–water partition coefficient (Wildman–Crippen LogP) is 4.23. The van der Waals surface area contributed by atoms with Gasteiger partial charge in [0, 0.05) is 0 Å². The minimum Gasteiger partial charge on any atom is -1.00 e. The molecule has 26 heavy (non-hydrogen) atoms. The van der Waals surface area contributed by atoms with E-state index < -0.39 is 0 Å². The Morgan fingerprint density at radius 3 is 1.42 bits per heavy atom. The highest BCUT2D eigenvalue weighted by atomic mass is 19.0. The molecule has 0 rings (SSSR count). The normalized spacial score (nSPS) is 11.3. The fraction of sp³-hybridized carbons (Fsp3) is 0.667. The molecule has 2 heteroatoms. The lowest BCUT2D eigenvalue weighted by atomic mass is 10.1. The molecule has 0 aliphatic rings. The Balaban J connectivity index is 0. The van der Waals surface area contributed by atoms with Crippen LogP contribution in [0.5, 0.6) is 0 Å². The molecule has 0 aromatic rings. The van der Waals surface area contributed by atoms with E-state index in [-0.39, 0.29) is 4.70 Å². The molecular formula is C24H44FN. The van der Waals surface area contributed by atoms with Crippen molar-refractivity contribution in [3.63, 3.8) is 0 Å². The Hall–Kier alpha value is -1.15. The average molecular weight is 366 g/mol. The van der Waals surface area contributed by atoms with E-state index in [0.717, 1.165) is 30.7 Å². The Labute approximate surface area is 163 Å². The van der Waals surface area contributed by atoms with E-state index >= 15 is 0 Å². The summed E-state index contributed by atoms with van der Waals surface area (Å²) in [6.07, 6.45) is 26.0. The van der Waals surface area contributed by atoms with Crippen molar-refractivity contribution in [2.75, 3.05) is 26.2 Å². The molecule has 0 saturated carbocycles. The zero-order valence-corrected chi connectivity index (χ0v) is 17.4. The van der Waals surface area contributed by atoms with E-state index in [1.54, 1.807) is 0 Å². The van der Waals surface area contributed by atoms with Gasteiger partial charge in [-0.15, -0.1) is 0 Å². The molecule has 152 valence electrons. The van der Waals surface area contributed by atoms with E-state index in [1.807, 2.05) is 18.2 Å². The minimum absolute atomic E-state index is 0. The van der Waals surface area contributed by atoms with Gasteiger partial charge in [-0.25, -0.2) is 0 Å². The average Bonchev–Trinajstić information content (AvgIpc) is 2.60. The number of hydrogen-bond acceptors (Lipinski definition) is 0. The van der Waals surface area contributed by atoms with E-state index in [2.05, 4.69) is 38.8 Å². The van der Waals surface area contributed by atoms with Gasteiger partial charge in [-0.1, -0.05) is 90.5 Å². The summed E-state index contributed by atoms with van der Waals surface area (Å²) in [6, 6.07) is 0. The molecule has 1 nitrogen and oxygen atoms in total. The summed E-state index contributed by atoms with van der Waals surface area (Å²) in [5.74, 6) is 0. The predicted molar refractivity (Wildman–Crippen MR) is 116 cm³/mol. The van der Waals surface area contributed by atoms with Gasteiger partial charge in [0.2, 0.25) is 0 Å². The van der Waals surface area contributed by atoms with E-state index in [0.29, 0.717) is 0 Å². The third-order valence-corrected chi connectivity index (χ3v) is 4.93. The smallest absolute Gasteiger partial charge is 0.0981 e. The number of nitrogens with zero attached hydrogens (tertiary/aromatic N) is 1. The summed E-state index contributed by atoms with van der Waals surface area (Å²) in [5, 5.41) is 0. The fourth-order valence-electron chi connectivity index (χ4n) is 3.43. The maximum Gasteiger partial charge on any atom is 0.0981 e. The minimum atomic E-state index is 0. The van der Waals surface area contributed by atoms with Crippen LogP contribution >= 0.6 is 0 Å². The van der Waals surface area contributed by atoms with Crippen LogP contribution in [0, 0.1) is 0 Å². The first-order valence-corrected chi connectivity index (χ1v) is 10.6. The molecular weight excluding hydrogens is 321 g/mol. The first kappa shape index (κ1) is 27.1. The number of rotatable bonds is 19. The van der Waals surface area contributed by atoms with Crippen LogP contribution in [0.2, 0.25) is 0 Å². The van der Waals surface area contributed by atoms with Crippen molar-refractivity contribution >= 4 is 0 Å². The highest BCUT2D eigenvalue weighted by Gasteiger charge is 2.20. The van der Waals surface area contributed by atoms with Crippen molar-refractivity contribution in [1.82, 2.24) is 0 Å². The zero-order valence-electron chi connectivity index (χ0n) is 17.4. The monoisotopic (exact) mass is 365 g/mol. The van der Waals surface area contributed by atoms with Crippen molar-refractivity contribution in [2.24, 2.45) is 0 Å². The molecule has 0 amide bonds. The van der Waals surface area contributed by atoms with Gasteiger partial charge in [0.1, 0.15) is 0 Å². The summed E-state index contributed by atoms with van der Waals surface area (Å²) in [6.45, 7) is 18.0. The number of hydrogen-bond donors (Lipinski definition) is 0. The third kappa shape index (κ3) is 15.1. The molecule has 0 atom stereocenters. The summed E-state index contributed by atoms with van der Waals surface area (Å²) in [7, 11) is 0. The topological polar surface area (TPSA) is 0 Å². The van der Waals surface area contributed by atoms with Gasteiger partial charge >= 0.3 is 0 Å². The lowest BCUT2D eigenvalue weighted by Crippen LogP contribution is -3.00. The quantitative estimate of drug-likeness (QED) is 0.182. The van der Waals surface area contributed by atoms with E-state index in [4.69, 9.17) is 0 Å². The van der Waals surface area contributed by atoms with Gasteiger partial charge in [0.25, 0.3) is 0 Å². The molecule has 0 unspecified atom stereocenters. The van der Waals surface area contributed by atoms with Gasteiger partial charge < -0.3 is 9.19 Å². The van der Waals surface area contributed by atoms with Crippen LogP contribution < -0.4 is 4.70 Å². The summed E-state index contributed by atoms with van der Waals surface area (Å²) < 4.78 is 0.963. The van der Waals surface area contributed by atoms with Crippen LogP contribution in [0.25, 0.3) is 0 Å². The lowest BCUT2D eigenvalue weighted by molar-refractivity contribution is -0.906. The second-order valence-electron chi connectivity index (χ2n) is 7.38. The van der Waals surface area contributed by atoms with Crippen molar-refractivity contribution in [2.45, 2.75) is 77.6 Å². The van der Waals surface area contributed by atoms with Crippen molar-refractivity contribution in [3.05, 3.63) is 50.1 Å². The Morgan fingerprint density at radius 1 is 0.577 bits per heavy atom. The van der Waals surface area contributed by atoms with Crippen LogP contribution in [-0.4, -0.2) is 30.7 Å². The van der Waals surface area contributed by atoms with Crippen LogP contribution in [0.3, 0.4) is 0 Å². The third-order valence-electron chi connectivity index (χ3n) is 4.93.